The average molecular weight is 432 g/mol. The van der Waals surface area contributed by atoms with Crippen LogP contribution in [0.25, 0.3) is 0 Å². The third-order valence-corrected chi connectivity index (χ3v) is 5.40. The van der Waals surface area contributed by atoms with E-state index in [1.807, 2.05) is 0 Å². The molecule has 0 spiro atoms. The van der Waals surface area contributed by atoms with Crippen LogP contribution in [0.2, 0.25) is 5.02 Å². The molecule has 10 heteroatoms. The van der Waals surface area contributed by atoms with Crippen LogP contribution in [0.1, 0.15) is 6.42 Å². The van der Waals surface area contributed by atoms with Crippen LogP contribution in [0.3, 0.4) is 0 Å². The Morgan fingerprint density at radius 3 is 2.53 bits per heavy atom. The molecule has 2 fully saturated rings. The summed E-state index contributed by atoms with van der Waals surface area (Å²) in [4.78, 5) is 37.9. The molecule has 2 aliphatic heterocycles. The van der Waals surface area contributed by atoms with Gasteiger partial charge in [0, 0.05) is 12.1 Å². The lowest BCUT2D eigenvalue weighted by molar-refractivity contribution is -0.144. The van der Waals surface area contributed by atoms with Gasteiger partial charge in [-0.3, -0.25) is 19.7 Å². The van der Waals surface area contributed by atoms with Crippen LogP contribution >= 0.6 is 11.6 Å². The summed E-state index contributed by atoms with van der Waals surface area (Å²) < 4.78 is 13.1. The van der Waals surface area contributed by atoms with Gasteiger partial charge in [-0.2, -0.15) is 0 Å². The molecule has 0 saturated carbocycles. The van der Waals surface area contributed by atoms with Crippen LogP contribution in [0.5, 0.6) is 0 Å². The molecule has 0 bridgehead atoms. The van der Waals surface area contributed by atoms with Crippen molar-refractivity contribution in [3.63, 3.8) is 0 Å². The quantitative estimate of drug-likeness (QED) is 0.505. The summed E-state index contributed by atoms with van der Waals surface area (Å²) in [6.07, 6.45) is -1.59. The second kappa shape index (κ2) is 8.29. The standard InChI is InChI=1S/C20H19ClFN5O3/c21-13-3-1-2-4-14(13)24-18(29)12-9-15(28)25-17-16(12)19(30)27-20(26-17)23-11-7-5-10(22)6-8-11/h1-8,12,16-17,20,23,26H,9H2,(H,24,29)(H,25,28)(H,27,30). The summed E-state index contributed by atoms with van der Waals surface area (Å²) >= 11 is 6.09. The van der Waals surface area contributed by atoms with Crippen molar-refractivity contribution in [2.75, 3.05) is 10.6 Å². The van der Waals surface area contributed by atoms with Gasteiger partial charge in [-0.05, 0) is 36.4 Å². The summed E-state index contributed by atoms with van der Waals surface area (Å²) in [7, 11) is 0. The minimum absolute atomic E-state index is 0.122. The van der Waals surface area contributed by atoms with Crippen molar-refractivity contribution >= 4 is 40.7 Å². The average Bonchev–Trinajstić information content (AvgIpc) is 2.70. The van der Waals surface area contributed by atoms with Gasteiger partial charge in [0.1, 0.15) is 5.82 Å². The first-order valence-electron chi connectivity index (χ1n) is 9.34. The van der Waals surface area contributed by atoms with Crippen molar-refractivity contribution in [3.05, 3.63) is 59.4 Å². The van der Waals surface area contributed by atoms with E-state index in [0.717, 1.165) is 0 Å². The minimum atomic E-state index is -0.876. The number of para-hydroxylation sites is 1. The number of rotatable bonds is 4. The zero-order chi connectivity index (χ0) is 21.3. The molecule has 2 aromatic rings. The fourth-order valence-corrected chi connectivity index (χ4v) is 3.84. The van der Waals surface area contributed by atoms with E-state index in [0.29, 0.717) is 16.4 Å². The molecule has 2 aromatic carbocycles. The number of amides is 3. The Labute approximate surface area is 176 Å². The number of piperidine rings is 1. The summed E-state index contributed by atoms with van der Waals surface area (Å²) in [5, 5.41) is 14.6. The van der Waals surface area contributed by atoms with E-state index in [1.165, 1.54) is 24.3 Å². The molecular weight excluding hydrogens is 413 g/mol. The highest BCUT2D eigenvalue weighted by Gasteiger charge is 2.48. The molecule has 4 unspecified atom stereocenters. The SMILES string of the molecule is O=C1CC(C(=O)Nc2ccccc2Cl)C2C(=O)NC(Nc3ccc(F)cc3)NC2N1. The van der Waals surface area contributed by atoms with Crippen LogP contribution in [0, 0.1) is 17.7 Å². The minimum Gasteiger partial charge on any atom is -0.353 e. The Morgan fingerprint density at radius 2 is 1.80 bits per heavy atom. The second-order valence-electron chi connectivity index (χ2n) is 7.11. The maximum atomic E-state index is 13.1. The van der Waals surface area contributed by atoms with Gasteiger partial charge < -0.3 is 21.3 Å². The van der Waals surface area contributed by atoms with Crippen LogP contribution in [0.15, 0.2) is 48.5 Å². The third-order valence-electron chi connectivity index (χ3n) is 5.07. The number of halogens is 2. The summed E-state index contributed by atoms with van der Waals surface area (Å²) in [5.41, 5.74) is 0.981. The van der Waals surface area contributed by atoms with Crippen LogP contribution in [-0.2, 0) is 14.4 Å². The number of benzene rings is 2. The van der Waals surface area contributed by atoms with E-state index in [-0.39, 0.29) is 18.1 Å². The first kappa shape index (κ1) is 20.1. The fourth-order valence-electron chi connectivity index (χ4n) is 3.65. The van der Waals surface area contributed by atoms with Gasteiger partial charge in [0.2, 0.25) is 17.7 Å². The fraction of sp³-hybridized carbons (Fsp3) is 0.250. The zero-order valence-corrected chi connectivity index (χ0v) is 16.4. The van der Waals surface area contributed by atoms with Crippen molar-refractivity contribution in [3.8, 4) is 0 Å². The van der Waals surface area contributed by atoms with E-state index in [1.54, 1.807) is 24.3 Å². The van der Waals surface area contributed by atoms with Crippen LogP contribution in [0.4, 0.5) is 15.8 Å². The summed E-state index contributed by atoms with van der Waals surface area (Å²) in [6, 6.07) is 12.3. The van der Waals surface area contributed by atoms with E-state index >= 15 is 0 Å². The predicted molar refractivity (Wildman–Crippen MR) is 109 cm³/mol. The van der Waals surface area contributed by atoms with Gasteiger partial charge in [0.25, 0.3) is 0 Å². The van der Waals surface area contributed by atoms with Gasteiger partial charge in [-0.25, -0.2) is 4.39 Å². The molecule has 4 atom stereocenters. The highest BCUT2D eigenvalue weighted by Crippen LogP contribution is 2.29. The molecule has 0 aliphatic carbocycles. The Balaban J connectivity index is 1.49. The van der Waals surface area contributed by atoms with Gasteiger partial charge in [-0.15, -0.1) is 0 Å². The molecule has 2 saturated heterocycles. The lowest BCUT2D eigenvalue weighted by Crippen LogP contribution is -2.72. The summed E-state index contributed by atoms with van der Waals surface area (Å²) in [6.45, 7) is 0. The number of carbonyl (C=O) groups excluding carboxylic acids is 3. The van der Waals surface area contributed by atoms with E-state index < -0.39 is 36.1 Å². The predicted octanol–water partition coefficient (Wildman–Crippen LogP) is 1.61. The Bertz CT molecular complexity index is 987. The van der Waals surface area contributed by atoms with Crippen molar-refractivity contribution < 1.29 is 18.8 Å². The Kier molecular flexibility index (Phi) is 5.56. The monoisotopic (exact) mass is 431 g/mol. The number of carbonyl (C=O) groups is 3. The highest BCUT2D eigenvalue weighted by atomic mass is 35.5. The lowest BCUT2D eigenvalue weighted by atomic mass is 9.81. The van der Waals surface area contributed by atoms with Crippen molar-refractivity contribution in [2.45, 2.75) is 18.9 Å². The molecule has 5 N–H and O–H groups in total. The Morgan fingerprint density at radius 1 is 1.07 bits per heavy atom. The molecule has 0 radical (unpaired) electrons. The van der Waals surface area contributed by atoms with Gasteiger partial charge >= 0.3 is 0 Å². The van der Waals surface area contributed by atoms with Gasteiger partial charge in [0.15, 0.2) is 6.29 Å². The van der Waals surface area contributed by atoms with Crippen molar-refractivity contribution in [1.29, 1.82) is 0 Å². The van der Waals surface area contributed by atoms with Crippen LogP contribution < -0.4 is 26.6 Å². The number of nitrogens with one attached hydrogen (secondary N) is 5. The number of hydrogen-bond donors (Lipinski definition) is 5. The summed E-state index contributed by atoms with van der Waals surface area (Å²) in [5.74, 6) is -3.27. The molecule has 2 heterocycles. The van der Waals surface area contributed by atoms with Gasteiger partial charge in [0.05, 0.1) is 28.7 Å². The van der Waals surface area contributed by atoms with Crippen LogP contribution in [-0.4, -0.2) is 30.2 Å². The van der Waals surface area contributed by atoms with E-state index in [9.17, 15) is 18.8 Å². The maximum absolute atomic E-state index is 13.1. The smallest absolute Gasteiger partial charge is 0.229 e. The first-order chi connectivity index (χ1) is 14.4. The van der Waals surface area contributed by atoms with Gasteiger partial charge in [-0.1, -0.05) is 23.7 Å². The third kappa shape index (κ3) is 4.22. The largest absolute Gasteiger partial charge is 0.353 e. The van der Waals surface area contributed by atoms with Crippen molar-refractivity contribution in [2.24, 2.45) is 11.8 Å². The molecule has 0 aromatic heterocycles. The number of anilines is 2. The molecule has 3 amide bonds. The lowest BCUT2D eigenvalue weighted by Gasteiger charge is -2.43. The Hall–Kier alpha value is -3.17. The maximum Gasteiger partial charge on any atom is 0.229 e. The second-order valence-corrected chi connectivity index (χ2v) is 7.52. The van der Waals surface area contributed by atoms with E-state index in [2.05, 4.69) is 26.6 Å². The first-order valence-corrected chi connectivity index (χ1v) is 9.72. The zero-order valence-electron chi connectivity index (χ0n) is 15.6. The molecule has 4 rings (SSSR count). The molecular formula is C20H19ClFN5O3. The number of fused-ring (bicyclic) bond motifs is 1. The normalized spacial score (nSPS) is 25.5. The van der Waals surface area contributed by atoms with E-state index in [4.69, 9.17) is 11.6 Å². The molecule has 156 valence electrons. The molecule has 2 aliphatic rings. The molecule has 8 nitrogen and oxygen atoms in total. The highest BCUT2D eigenvalue weighted by molar-refractivity contribution is 6.33. The topological polar surface area (TPSA) is 111 Å². The molecule has 30 heavy (non-hydrogen) atoms. The number of hydrogen-bond acceptors (Lipinski definition) is 5. The van der Waals surface area contributed by atoms with Crippen molar-refractivity contribution in [1.82, 2.24) is 16.0 Å².